The Labute approximate surface area is 129 Å². The number of aryl methyl sites for hydroxylation is 1. The molecule has 0 spiro atoms. The Balaban J connectivity index is 2.35. The number of likely N-dealkylation sites (N-methyl/N-ethyl adjacent to an activating group) is 1. The Hall–Kier alpha value is -0.970. The lowest BCUT2D eigenvalue weighted by Crippen LogP contribution is -2.62. The first kappa shape index (κ1) is 16.4. The van der Waals surface area contributed by atoms with Gasteiger partial charge in [0, 0.05) is 29.4 Å². The van der Waals surface area contributed by atoms with Gasteiger partial charge < -0.3 is 0 Å². The molecule has 1 aliphatic rings. The maximum absolute atomic E-state index is 6.01. The van der Waals surface area contributed by atoms with Crippen molar-refractivity contribution >= 4 is 0 Å². The molecule has 3 unspecified atom stereocenters. The van der Waals surface area contributed by atoms with Crippen LogP contribution in [0.25, 0.3) is 0 Å². The molecule has 0 bridgehead atoms. The van der Waals surface area contributed by atoms with Crippen LogP contribution in [0.4, 0.5) is 0 Å². The van der Waals surface area contributed by atoms with Gasteiger partial charge in [-0.05, 0) is 50.9 Å². The summed E-state index contributed by atoms with van der Waals surface area (Å²) in [5, 5.41) is 0. The molecular formula is C17H30N4. The second-order valence-electron chi connectivity index (χ2n) is 6.22. The summed E-state index contributed by atoms with van der Waals surface area (Å²) in [5.41, 5.74) is 5.82. The third-order valence-electron chi connectivity index (χ3n) is 5.46. The Morgan fingerprint density at radius 2 is 2.14 bits per heavy atom. The fraction of sp³-hybridized carbons (Fsp3) is 0.706. The number of hydrogen-bond donors (Lipinski definition) is 2. The summed E-state index contributed by atoms with van der Waals surface area (Å²) in [4.78, 5) is 7.18. The van der Waals surface area contributed by atoms with Crippen molar-refractivity contribution in [2.75, 3.05) is 13.1 Å². The standard InChI is InChI=1S/C17H30N4/c1-5-17(4,21(6-2)7-3)16(20-18)14-11-10-13-9-8-12-19-15(13)14/h8-9,12,14,16,20H,5-7,10-11,18H2,1-4H3. The van der Waals surface area contributed by atoms with Crippen LogP contribution in [-0.2, 0) is 6.42 Å². The lowest BCUT2D eigenvalue weighted by molar-refractivity contribution is 0.0585. The molecule has 0 amide bonds. The van der Waals surface area contributed by atoms with E-state index in [0.29, 0.717) is 5.92 Å². The highest BCUT2D eigenvalue weighted by molar-refractivity contribution is 5.31. The monoisotopic (exact) mass is 290 g/mol. The van der Waals surface area contributed by atoms with Crippen LogP contribution in [0.2, 0.25) is 0 Å². The van der Waals surface area contributed by atoms with Crippen molar-refractivity contribution in [3.8, 4) is 0 Å². The molecule has 4 heteroatoms. The third-order valence-corrected chi connectivity index (χ3v) is 5.46. The first-order valence-corrected chi connectivity index (χ1v) is 8.27. The molecule has 4 nitrogen and oxygen atoms in total. The van der Waals surface area contributed by atoms with Crippen LogP contribution in [0.15, 0.2) is 18.3 Å². The second kappa shape index (κ2) is 6.86. The molecule has 0 aromatic carbocycles. The Kier molecular flexibility index (Phi) is 5.36. The van der Waals surface area contributed by atoms with Gasteiger partial charge in [-0.2, -0.15) is 0 Å². The van der Waals surface area contributed by atoms with Crippen molar-refractivity contribution < 1.29 is 0 Å². The van der Waals surface area contributed by atoms with E-state index in [4.69, 9.17) is 5.84 Å². The van der Waals surface area contributed by atoms with Gasteiger partial charge in [0.05, 0.1) is 0 Å². The van der Waals surface area contributed by atoms with Crippen LogP contribution in [0.1, 0.15) is 57.7 Å². The van der Waals surface area contributed by atoms with E-state index in [9.17, 15) is 0 Å². The van der Waals surface area contributed by atoms with Crippen molar-refractivity contribution in [1.82, 2.24) is 15.3 Å². The summed E-state index contributed by atoms with van der Waals surface area (Å²) in [5.74, 6) is 6.41. The lowest BCUT2D eigenvalue weighted by atomic mass is 9.78. The summed E-state index contributed by atoms with van der Waals surface area (Å²) in [6.07, 6.45) is 5.23. The molecule has 1 aliphatic carbocycles. The van der Waals surface area contributed by atoms with Gasteiger partial charge in [-0.3, -0.25) is 21.2 Å². The zero-order chi connectivity index (χ0) is 15.5. The van der Waals surface area contributed by atoms with E-state index in [1.54, 1.807) is 0 Å². The van der Waals surface area contributed by atoms with Gasteiger partial charge in [-0.1, -0.05) is 26.8 Å². The Bertz CT molecular complexity index is 458. The predicted molar refractivity (Wildman–Crippen MR) is 88.0 cm³/mol. The van der Waals surface area contributed by atoms with Gasteiger partial charge in [-0.25, -0.2) is 0 Å². The molecular weight excluding hydrogens is 260 g/mol. The van der Waals surface area contributed by atoms with Gasteiger partial charge in [0.15, 0.2) is 0 Å². The van der Waals surface area contributed by atoms with E-state index in [1.165, 1.54) is 11.3 Å². The normalized spacial score (nSPS) is 22.1. The average Bonchev–Trinajstić information content (AvgIpc) is 2.93. The molecule has 21 heavy (non-hydrogen) atoms. The molecule has 0 saturated carbocycles. The van der Waals surface area contributed by atoms with Crippen LogP contribution in [0.5, 0.6) is 0 Å². The molecule has 3 atom stereocenters. The smallest absolute Gasteiger partial charge is 0.0483 e. The minimum absolute atomic E-state index is 0.0437. The minimum Gasteiger partial charge on any atom is -0.297 e. The predicted octanol–water partition coefficient (Wildman–Crippen LogP) is 2.45. The van der Waals surface area contributed by atoms with Crippen LogP contribution >= 0.6 is 0 Å². The summed E-state index contributed by atoms with van der Waals surface area (Å²) in [7, 11) is 0. The number of nitrogens with two attached hydrogens (primary N) is 1. The first-order chi connectivity index (χ1) is 10.1. The molecule has 1 aromatic heterocycles. The number of pyridine rings is 1. The van der Waals surface area contributed by atoms with E-state index >= 15 is 0 Å². The maximum Gasteiger partial charge on any atom is 0.0483 e. The SMILES string of the molecule is CCN(CC)C(C)(CC)C(NN)C1CCc2cccnc21. The number of hydrazine groups is 1. The van der Waals surface area contributed by atoms with Crippen molar-refractivity contribution in [1.29, 1.82) is 0 Å². The van der Waals surface area contributed by atoms with Crippen molar-refractivity contribution in [3.63, 3.8) is 0 Å². The molecule has 118 valence electrons. The molecule has 3 N–H and O–H groups in total. The zero-order valence-corrected chi connectivity index (χ0v) is 13.9. The summed E-state index contributed by atoms with van der Waals surface area (Å²) in [6.45, 7) is 11.1. The first-order valence-electron chi connectivity index (χ1n) is 8.27. The number of hydrogen-bond acceptors (Lipinski definition) is 4. The molecule has 0 radical (unpaired) electrons. The van der Waals surface area contributed by atoms with E-state index in [0.717, 1.165) is 32.4 Å². The molecule has 1 heterocycles. The van der Waals surface area contributed by atoms with Gasteiger partial charge in [0.2, 0.25) is 0 Å². The molecule has 0 aliphatic heterocycles. The third kappa shape index (κ3) is 2.85. The van der Waals surface area contributed by atoms with Gasteiger partial charge in [0.25, 0.3) is 0 Å². The lowest BCUT2D eigenvalue weighted by Gasteiger charge is -2.47. The van der Waals surface area contributed by atoms with Crippen LogP contribution < -0.4 is 11.3 Å². The van der Waals surface area contributed by atoms with Gasteiger partial charge in [-0.15, -0.1) is 0 Å². The van der Waals surface area contributed by atoms with Crippen LogP contribution in [-0.4, -0.2) is 34.6 Å². The minimum atomic E-state index is 0.0437. The molecule has 0 saturated heterocycles. The number of nitrogens with zero attached hydrogens (tertiary/aromatic N) is 2. The molecule has 1 aromatic rings. The molecule has 2 rings (SSSR count). The number of aromatic nitrogens is 1. The van der Waals surface area contributed by atoms with E-state index in [-0.39, 0.29) is 11.6 Å². The second-order valence-corrected chi connectivity index (χ2v) is 6.22. The number of fused-ring (bicyclic) bond motifs is 1. The highest BCUT2D eigenvalue weighted by atomic mass is 15.3. The van der Waals surface area contributed by atoms with E-state index in [2.05, 4.69) is 49.1 Å². The number of nitrogens with one attached hydrogen (secondary N) is 1. The van der Waals surface area contributed by atoms with Crippen LogP contribution in [0, 0.1) is 0 Å². The van der Waals surface area contributed by atoms with E-state index < -0.39 is 0 Å². The van der Waals surface area contributed by atoms with Crippen molar-refractivity contribution in [2.45, 2.75) is 64.5 Å². The average molecular weight is 290 g/mol. The summed E-state index contributed by atoms with van der Waals surface area (Å²) in [6, 6.07) is 4.46. The maximum atomic E-state index is 6.01. The van der Waals surface area contributed by atoms with Gasteiger partial charge in [0.1, 0.15) is 0 Å². The fourth-order valence-electron chi connectivity index (χ4n) is 4.08. The van der Waals surface area contributed by atoms with Crippen LogP contribution in [0.3, 0.4) is 0 Å². The van der Waals surface area contributed by atoms with Crippen molar-refractivity contribution in [2.24, 2.45) is 5.84 Å². The highest BCUT2D eigenvalue weighted by Crippen LogP contribution is 2.39. The quantitative estimate of drug-likeness (QED) is 0.598. The van der Waals surface area contributed by atoms with Crippen molar-refractivity contribution in [3.05, 3.63) is 29.6 Å². The highest BCUT2D eigenvalue weighted by Gasteiger charge is 2.43. The Morgan fingerprint density at radius 3 is 2.71 bits per heavy atom. The Morgan fingerprint density at radius 1 is 1.43 bits per heavy atom. The molecule has 0 fully saturated rings. The fourth-order valence-corrected chi connectivity index (χ4v) is 4.08. The largest absolute Gasteiger partial charge is 0.297 e. The van der Waals surface area contributed by atoms with Gasteiger partial charge >= 0.3 is 0 Å². The zero-order valence-electron chi connectivity index (χ0n) is 13.9. The summed E-state index contributed by atoms with van der Waals surface area (Å²) >= 11 is 0. The number of rotatable bonds is 7. The topological polar surface area (TPSA) is 54.2 Å². The van der Waals surface area contributed by atoms with E-state index in [1.807, 2.05) is 12.3 Å². The summed E-state index contributed by atoms with van der Waals surface area (Å²) < 4.78 is 0.